The number of ether oxygens (including phenoxy) is 1. The molecule has 3 rings (SSSR count). The molecule has 0 aliphatic rings. The zero-order valence-corrected chi connectivity index (χ0v) is 15.3. The fourth-order valence-electron chi connectivity index (χ4n) is 1.97. The Morgan fingerprint density at radius 3 is 2.84 bits per heavy atom. The second-order valence-corrected chi connectivity index (χ2v) is 7.26. The number of carbonyl (C=O) groups excluding carboxylic acids is 1. The quantitative estimate of drug-likeness (QED) is 0.633. The number of carbonyl (C=O) groups is 1. The third-order valence-corrected chi connectivity index (χ3v) is 4.89. The first kappa shape index (κ1) is 17.4. The van der Waals surface area contributed by atoms with E-state index in [1.165, 1.54) is 23.1 Å². The van der Waals surface area contributed by atoms with Crippen molar-refractivity contribution in [3.8, 4) is 5.75 Å². The number of hydrogen-bond acceptors (Lipinski definition) is 8. The zero-order valence-electron chi connectivity index (χ0n) is 13.6. The van der Waals surface area contributed by atoms with E-state index in [1.54, 1.807) is 25.6 Å². The molecule has 0 fully saturated rings. The minimum Gasteiger partial charge on any atom is -0.497 e. The Balaban J connectivity index is 1.56. The summed E-state index contributed by atoms with van der Waals surface area (Å²) in [6, 6.07) is 7.65. The minimum atomic E-state index is -0.377. The van der Waals surface area contributed by atoms with Crippen molar-refractivity contribution in [1.82, 2.24) is 15.2 Å². The Labute approximate surface area is 152 Å². The van der Waals surface area contributed by atoms with E-state index in [0.717, 1.165) is 11.3 Å². The van der Waals surface area contributed by atoms with E-state index in [4.69, 9.17) is 9.15 Å². The predicted octanol–water partition coefficient (Wildman–Crippen LogP) is 3.24. The average Bonchev–Trinajstić information content (AvgIpc) is 3.27. The maximum absolute atomic E-state index is 12.1. The molecule has 9 heteroatoms. The van der Waals surface area contributed by atoms with Crippen LogP contribution in [-0.2, 0) is 11.2 Å². The van der Waals surface area contributed by atoms with Crippen molar-refractivity contribution in [1.29, 1.82) is 0 Å². The van der Waals surface area contributed by atoms with Crippen molar-refractivity contribution >= 4 is 34.1 Å². The molecule has 25 heavy (non-hydrogen) atoms. The van der Waals surface area contributed by atoms with Crippen LogP contribution >= 0.6 is 23.1 Å². The molecule has 0 saturated heterocycles. The molecular weight excluding hydrogens is 360 g/mol. The number of anilines is 1. The predicted molar refractivity (Wildman–Crippen MR) is 96.2 cm³/mol. The summed E-state index contributed by atoms with van der Waals surface area (Å²) in [6.07, 6.45) is 2.17. The van der Waals surface area contributed by atoms with E-state index in [-0.39, 0.29) is 11.2 Å². The van der Waals surface area contributed by atoms with Crippen molar-refractivity contribution < 1.29 is 13.9 Å². The lowest BCUT2D eigenvalue weighted by molar-refractivity contribution is -0.115. The van der Waals surface area contributed by atoms with Crippen LogP contribution in [0.5, 0.6) is 5.75 Å². The van der Waals surface area contributed by atoms with Crippen molar-refractivity contribution in [2.24, 2.45) is 0 Å². The molecular formula is C16H16N4O3S2. The first-order chi connectivity index (χ1) is 12.1. The van der Waals surface area contributed by atoms with Crippen molar-refractivity contribution in [2.45, 2.75) is 23.8 Å². The van der Waals surface area contributed by atoms with Gasteiger partial charge in [-0.25, -0.2) is 4.98 Å². The molecule has 0 saturated carbocycles. The van der Waals surface area contributed by atoms with Crippen LogP contribution in [0.1, 0.15) is 18.4 Å². The fourth-order valence-corrected chi connectivity index (χ4v) is 3.20. The Hall–Kier alpha value is -2.39. The minimum absolute atomic E-state index is 0.158. The number of hydrogen-bond donors (Lipinski definition) is 1. The summed E-state index contributed by atoms with van der Waals surface area (Å²) >= 11 is 2.59. The van der Waals surface area contributed by atoms with Crippen LogP contribution < -0.4 is 10.1 Å². The topological polar surface area (TPSA) is 90.1 Å². The summed E-state index contributed by atoms with van der Waals surface area (Å²) in [7, 11) is 1.63. The summed E-state index contributed by atoms with van der Waals surface area (Å²) in [5, 5.41) is 13.1. The van der Waals surface area contributed by atoms with Gasteiger partial charge in [-0.15, -0.1) is 21.5 Å². The molecule has 130 valence electrons. The molecule has 2 aromatic heterocycles. The molecule has 0 bridgehead atoms. The highest BCUT2D eigenvalue weighted by Gasteiger charge is 2.19. The number of nitrogens with one attached hydrogen (secondary N) is 1. The van der Waals surface area contributed by atoms with Crippen LogP contribution in [-0.4, -0.2) is 33.4 Å². The van der Waals surface area contributed by atoms with Gasteiger partial charge in [0.1, 0.15) is 5.75 Å². The van der Waals surface area contributed by atoms with Gasteiger partial charge in [0.05, 0.1) is 18.8 Å². The number of rotatable bonds is 7. The Morgan fingerprint density at radius 1 is 1.36 bits per heavy atom. The van der Waals surface area contributed by atoms with Gasteiger partial charge in [-0.2, -0.15) is 0 Å². The maximum Gasteiger partial charge on any atom is 0.277 e. The largest absolute Gasteiger partial charge is 0.497 e. The summed E-state index contributed by atoms with van der Waals surface area (Å²) < 4.78 is 10.7. The molecule has 1 aromatic carbocycles. The van der Waals surface area contributed by atoms with Gasteiger partial charge in [0.2, 0.25) is 11.8 Å². The standard InChI is InChI=1S/C16H16N4O3S2/c1-10(14(21)18-15-17-7-8-24-15)25-16-20-19-13(23-16)9-11-3-5-12(22-2)6-4-11/h3-8,10H,9H2,1-2H3,(H,17,18,21)/t10-/m1/s1. The van der Waals surface area contributed by atoms with Crippen molar-refractivity contribution in [3.05, 3.63) is 47.3 Å². The number of aromatic nitrogens is 3. The highest BCUT2D eigenvalue weighted by Crippen LogP contribution is 2.24. The number of benzene rings is 1. The van der Waals surface area contributed by atoms with Crippen LogP contribution in [0.25, 0.3) is 0 Å². The number of thioether (sulfide) groups is 1. The summed E-state index contributed by atoms with van der Waals surface area (Å²) in [6.45, 7) is 1.78. The van der Waals surface area contributed by atoms with E-state index >= 15 is 0 Å². The highest BCUT2D eigenvalue weighted by atomic mass is 32.2. The van der Waals surface area contributed by atoms with Gasteiger partial charge in [-0.3, -0.25) is 4.79 Å². The van der Waals surface area contributed by atoms with Gasteiger partial charge in [-0.05, 0) is 24.6 Å². The molecule has 0 aliphatic carbocycles. The molecule has 1 N–H and O–H groups in total. The van der Waals surface area contributed by atoms with E-state index in [0.29, 0.717) is 22.7 Å². The lowest BCUT2D eigenvalue weighted by Crippen LogP contribution is -2.22. The molecule has 7 nitrogen and oxygen atoms in total. The smallest absolute Gasteiger partial charge is 0.277 e. The van der Waals surface area contributed by atoms with Crippen LogP contribution in [0, 0.1) is 0 Å². The van der Waals surface area contributed by atoms with Gasteiger partial charge in [0, 0.05) is 11.6 Å². The molecule has 0 aliphatic heterocycles. The van der Waals surface area contributed by atoms with Crippen LogP contribution in [0.3, 0.4) is 0 Å². The SMILES string of the molecule is COc1ccc(Cc2nnc(S[C@H](C)C(=O)Nc3nccs3)o2)cc1. The first-order valence-electron chi connectivity index (χ1n) is 7.46. The van der Waals surface area contributed by atoms with Gasteiger partial charge < -0.3 is 14.5 Å². The second-order valence-electron chi connectivity index (χ2n) is 5.07. The normalized spacial score (nSPS) is 11.9. The average molecular weight is 376 g/mol. The van der Waals surface area contributed by atoms with E-state index in [2.05, 4.69) is 20.5 Å². The lowest BCUT2D eigenvalue weighted by Gasteiger charge is -2.07. The Bertz CT molecular complexity index is 818. The first-order valence-corrected chi connectivity index (χ1v) is 9.22. The van der Waals surface area contributed by atoms with Gasteiger partial charge in [0.25, 0.3) is 5.22 Å². The van der Waals surface area contributed by atoms with Crippen molar-refractivity contribution in [2.75, 3.05) is 12.4 Å². The molecule has 1 amide bonds. The molecule has 0 spiro atoms. The van der Waals surface area contributed by atoms with Crippen LogP contribution in [0.4, 0.5) is 5.13 Å². The Kier molecular flexibility index (Phi) is 5.67. The van der Waals surface area contributed by atoms with E-state index in [1.807, 2.05) is 24.3 Å². The van der Waals surface area contributed by atoms with Crippen molar-refractivity contribution in [3.63, 3.8) is 0 Å². The third-order valence-electron chi connectivity index (χ3n) is 3.27. The highest BCUT2D eigenvalue weighted by molar-refractivity contribution is 8.00. The third kappa shape index (κ3) is 4.80. The molecule has 0 unspecified atom stereocenters. The lowest BCUT2D eigenvalue weighted by atomic mass is 10.1. The summed E-state index contributed by atoms with van der Waals surface area (Å²) in [5.41, 5.74) is 1.04. The monoisotopic (exact) mass is 376 g/mol. The number of amides is 1. The molecule has 1 atom stereocenters. The number of thiazole rings is 1. The van der Waals surface area contributed by atoms with Crippen LogP contribution in [0.2, 0.25) is 0 Å². The summed E-state index contributed by atoms with van der Waals surface area (Å²) in [4.78, 5) is 16.1. The van der Waals surface area contributed by atoms with Crippen LogP contribution in [0.15, 0.2) is 45.5 Å². The molecule has 2 heterocycles. The zero-order chi connectivity index (χ0) is 17.6. The number of methoxy groups -OCH3 is 1. The van der Waals surface area contributed by atoms with Gasteiger partial charge in [0.15, 0.2) is 5.13 Å². The fraction of sp³-hybridized carbons (Fsp3) is 0.250. The second kappa shape index (κ2) is 8.13. The summed E-state index contributed by atoms with van der Waals surface area (Å²) in [5.74, 6) is 1.14. The van der Waals surface area contributed by atoms with E-state index < -0.39 is 0 Å². The maximum atomic E-state index is 12.1. The van der Waals surface area contributed by atoms with Gasteiger partial charge >= 0.3 is 0 Å². The number of nitrogens with zero attached hydrogens (tertiary/aromatic N) is 3. The molecule has 3 aromatic rings. The molecule has 0 radical (unpaired) electrons. The van der Waals surface area contributed by atoms with Gasteiger partial charge in [-0.1, -0.05) is 23.9 Å². The van der Waals surface area contributed by atoms with E-state index in [9.17, 15) is 4.79 Å². The Morgan fingerprint density at radius 2 is 2.16 bits per heavy atom.